The van der Waals surface area contributed by atoms with E-state index in [0.717, 1.165) is 5.56 Å². The molecule has 0 fully saturated rings. The van der Waals surface area contributed by atoms with Crippen molar-refractivity contribution in [3.8, 4) is 0 Å². The third-order valence-corrected chi connectivity index (χ3v) is 1.36. The lowest BCUT2D eigenvalue weighted by molar-refractivity contribution is 0.0518. The number of hydrogen-bond acceptors (Lipinski definition) is 4. The second-order valence-corrected chi connectivity index (χ2v) is 2.27. The molecule has 0 radical (unpaired) electrons. The van der Waals surface area contributed by atoms with E-state index >= 15 is 0 Å². The van der Waals surface area contributed by atoms with Crippen molar-refractivity contribution >= 4 is 5.97 Å². The van der Waals surface area contributed by atoms with Gasteiger partial charge >= 0.3 is 5.97 Å². The van der Waals surface area contributed by atoms with Crippen LogP contribution in [0.2, 0.25) is 0 Å². The van der Waals surface area contributed by atoms with Gasteiger partial charge in [-0.3, -0.25) is 0 Å². The smallest absolute Gasteiger partial charge is 0.357 e. The molecule has 0 N–H and O–H groups in total. The second-order valence-electron chi connectivity index (χ2n) is 2.27. The van der Waals surface area contributed by atoms with Gasteiger partial charge in [0.05, 0.1) is 6.61 Å². The fourth-order valence-electron chi connectivity index (χ4n) is 0.812. The molecule has 0 amide bonds. The summed E-state index contributed by atoms with van der Waals surface area (Å²) in [6, 6.07) is 0. The Hall–Kier alpha value is -1.45. The number of carbonyl (C=O) groups is 1. The zero-order valence-electron chi connectivity index (χ0n) is 7.07. The molecule has 0 bridgehead atoms. The Bertz CT molecular complexity index is 286. The van der Waals surface area contributed by atoms with Crippen LogP contribution in [0.3, 0.4) is 0 Å². The van der Waals surface area contributed by atoms with Crippen LogP contribution in [-0.2, 0) is 4.74 Å². The van der Waals surface area contributed by atoms with Crippen LogP contribution in [0.4, 0.5) is 0 Å². The van der Waals surface area contributed by atoms with Gasteiger partial charge in [-0.15, -0.1) is 0 Å². The van der Waals surface area contributed by atoms with Gasteiger partial charge in [-0.2, -0.15) is 0 Å². The van der Waals surface area contributed by atoms with Crippen molar-refractivity contribution in [1.82, 2.24) is 9.97 Å². The van der Waals surface area contributed by atoms with Crippen LogP contribution < -0.4 is 0 Å². The Morgan fingerprint density at radius 1 is 1.67 bits per heavy atom. The fourth-order valence-corrected chi connectivity index (χ4v) is 0.812. The number of ether oxygens (including phenoxy) is 1. The van der Waals surface area contributed by atoms with Crippen LogP contribution in [0.25, 0.3) is 0 Å². The standard InChI is InChI=1S/C8H10N2O2/c1-3-12-8(11)7-6(2)4-9-5-10-7/h4-5H,3H2,1-2H3. The zero-order chi connectivity index (χ0) is 8.97. The van der Waals surface area contributed by atoms with Crippen LogP contribution in [0.5, 0.6) is 0 Å². The van der Waals surface area contributed by atoms with Gasteiger partial charge in [0.25, 0.3) is 0 Å². The van der Waals surface area contributed by atoms with Gasteiger partial charge in [0.2, 0.25) is 0 Å². The minimum atomic E-state index is -0.391. The molecule has 1 heterocycles. The summed E-state index contributed by atoms with van der Waals surface area (Å²) < 4.78 is 4.78. The van der Waals surface area contributed by atoms with Crippen molar-refractivity contribution < 1.29 is 9.53 Å². The normalized spacial score (nSPS) is 9.50. The van der Waals surface area contributed by atoms with Crippen LogP contribution in [-0.4, -0.2) is 22.5 Å². The van der Waals surface area contributed by atoms with Crippen LogP contribution in [0.15, 0.2) is 12.5 Å². The highest BCUT2D eigenvalue weighted by atomic mass is 16.5. The van der Waals surface area contributed by atoms with Gasteiger partial charge in [-0.1, -0.05) is 0 Å². The monoisotopic (exact) mass is 166 g/mol. The van der Waals surface area contributed by atoms with E-state index < -0.39 is 5.97 Å². The molecule has 1 aromatic heterocycles. The quantitative estimate of drug-likeness (QED) is 0.614. The molecule has 0 aromatic carbocycles. The summed E-state index contributed by atoms with van der Waals surface area (Å²) in [4.78, 5) is 18.7. The van der Waals surface area contributed by atoms with E-state index in [2.05, 4.69) is 9.97 Å². The lowest BCUT2D eigenvalue weighted by Gasteiger charge is -2.01. The third-order valence-electron chi connectivity index (χ3n) is 1.36. The number of aromatic nitrogens is 2. The van der Waals surface area contributed by atoms with E-state index in [1.165, 1.54) is 6.33 Å². The van der Waals surface area contributed by atoms with Gasteiger partial charge in [-0.25, -0.2) is 14.8 Å². The molecule has 1 aromatic rings. The molecule has 0 saturated carbocycles. The number of nitrogens with zero attached hydrogens (tertiary/aromatic N) is 2. The highest BCUT2D eigenvalue weighted by Gasteiger charge is 2.10. The maximum atomic E-state index is 11.2. The first-order chi connectivity index (χ1) is 5.75. The summed E-state index contributed by atoms with van der Waals surface area (Å²) in [6.45, 7) is 3.89. The SMILES string of the molecule is CCOC(=O)c1ncncc1C. The molecule has 64 valence electrons. The van der Waals surface area contributed by atoms with E-state index in [1.54, 1.807) is 20.0 Å². The summed E-state index contributed by atoms with van der Waals surface area (Å²) in [7, 11) is 0. The van der Waals surface area contributed by atoms with E-state index in [9.17, 15) is 4.79 Å². The van der Waals surface area contributed by atoms with Gasteiger partial charge < -0.3 is 4.74 Å². The number of aryl methyl sites for hydroxylation is 1. The van der Waals surface area contributed by atoms with Crippen LogP contribution in [0.1, 0.15) is 23.0 Å². The van der Waals surface area contributed by atoms with Crippen molar-refractivity contribution in [2.24, 2.45) is 0 Å². The Labute approximate surface area is 70.6 Å². The number of carbonyl (C=O) groups excluding carboxylic acids is 1. The lowest BCUT2D eigenvalue weighted by Crippen LogP contribution is -2.09. The first kappa shape index (κ1) is 8.64. The van der Waals surface area contributed by atoms with Gasteiger partial charge in [0.15, 0.2) is 5.69 Å². The topological polar surface area (TPSA) is 52.1 Å². The Morgan fingerprint density at radius 2 is 2.42 bits per heavy atom. The van der Waals surface area contributed by atoms with E-state index in [1.807, 2.05) is 0 Å². The summed E-state index contributed by atoms with van der Waals surface area (Å²) >= 11 is 0. The Kier molecular flexibility index (Phi) is 2.74. The molecule has 0 spiro atoms. The molecule has 0 unspecified atom stereocenters. The van der Waals surface area contributed by atoms with Crippen LogP contribution in [0, 0.1) is 6.92 Å². The predicted molar refractivity (Wildman–Crippen MR) is 42.7 cm³/mol. The molecular weight excluding hydrogens is 156 g/mol. The van der Waals surface area contributed by atoms with Gasteiger partial charge in [-0.05, 0) is 13.8 Å². The molecule has 0 atom stereocenters. The zero-order valence-corrected chi connectivity index (χ0v) is 7.07. The van der Waals surface area contributed by atoms with E-state index in [-0.39, 0.29) is 0 Å². The van der Waals surface area contributed by atoms with E-state index in [0.29, 0.717) is 12.3 Å². The fraction of sp³-hybridized carbons (Fsp3) is 0.375. The minimum Gasteiger partial charge on any atom is -0.461 e. The average Bonchev–Trinajstić information content (AvgIpc) is 2.05. The molecule has 12 heavy (non-hydrogen) atoms. The molecule has 1 rings (SSSR count). The summed E-state index contributed by atoms with van der Waals surface area (Å²) in [5, 5.41) is 0. The molecular formula is C8H10N2O2. The molecule has 0 aliphatic heterocycles. The van der Waals surface area contributed by atoms with Gasteiger partial charge in [0, 0.05) is 11.8 Å². The van der Waals surface area contributed by atoms with Crippen LogP contribution >= 0.6 is 0 Å². The Balaban J connectivity index is 2.87. The first-order valence-corrected chi connectivity index (χ1v) is 3.69. The maximum Gasteiger partial charge on any atom is 0.357 e. The number of hydrogen-bond donors (Lipinski definition) is 0. The van der Waals surface area contributed by atoms with E-state index in [4.69, 9.17) is 4.74 Å². The molecule has 0 aliphatic carbocycles. The predicted octanol–water partition coefficient (Wildman–Crippen LogP) is 0.962. The van der Waals surface area contributed by atoms with Gasteiger partial charge in [0.1, 0.15) is 6.33 Å². The van der Waals surface area contributed by atoms with Crippen molar-refractivity contribution in [3.63, 3.8) is 0 Å². The summed E-state index contributed by atoms with van der Waals surface area (Å²) in [5.74, 6) is -0.391. The highest BCUT2D eigenvalue weighted by molar-refractivity contribution is 5.88. The van der Waals surface area contributed by atoms with Crippen molar-refractivity contribution in [1.29, 1.82) is 0 Å². The lowest BCUT2D eigenvalue weighted by atomic mass is 10.2. The molecule has 0 saturated heterocycles. The second kappa shape index (κ2) is 3.80. The Morgan fingerprint density at radius 3 is 3.00 bits per heavy atom. The molecule has 4 heteroatoms. The maximum absolute atomic E-state index is 11.2. The third kappa shape index (κ3) is 1.78. The molecule has 0 aliphatic rings. The summed E-state index contributed by atoms with van der Waals surface area (Å²) in [5.41, 5.74) is 1.07. The first-order valence-electron chi connectivity index (χ1n) is 3.69. The van der Waals surface area contributed by atoms with Crippen molar-refractivity contribution in [3.05, 3.63) is 23.8 Å². The number of esters is 1. The number of rotatable bonds is 2. The average molecular weight is 166 g/mol. The molecule has 4 nitrogen and oxygen atoms in total. The van der Waals surface area contributed by atoms with Crippen molar-refractivity contribution in [2.75, 3.05) is 6.61 Å². The highest BCUT2D eigenvalue weighted by Crippen LogP contribution is 2.02. The summed E-state index contributed by atoms with van der Waals surface area (Å²) in [6.07, 6.45) is 2.92. The largest absolute Gasteiger partial charge is 0.461 e. The minimum absolute atomic E-state index is 0.340. The van der Waals surface area contributed by atoms with Crippen molar-refractivity contribution in [2.45, 2.75) is 13.8 Å².